The molecule has 5 rings (SSSR count). The van der Waals surface area contributed by atoms with Crippen LogP contribution < -0.4 is 9.62 Å². The first-order valence-corrected chi connectivity index (χ1v) is 12.6. The van der Waals surface area contributed by atoms with Gasteiger partial charge in [-0.1, -0.05) is 41.5 Å². The van der Waals surface area contributed by atoms with Gasteiger partial charge in [0.2, 0.25) is 5.95 Å². The molecule has 0 radical (unpaired) electrons. The molecule has 10 nitrogen and oxygen atoms in total. The maximum atomic E-state index is 13.0. The van der Waals surface area contributed by atoms with Crippen molar-refractivity contribution in [2.24, 2.45) is 0 Å². The van der Waals surface area contributed by atoms with E-state index in [-0.39, 0.29) is 10.8 Å². The van der Waals surface area contributed by atoms with Crippen LogP contribution >= 0.6 is 0 Å². The number of tetrazole rings is 1. The zero-order chi connectivity index (χ0) is 24.3. The van der Waals surface area contributed by atoms with Crippen LogP contribution in [0.2, 0.25) is 0 Å². The lowest BCUT2D eigenvalue weighted by atomic mass is 10.1. The number of anilines is 2. The quantitative estimate of drug-likeness (QED) is 0.443. The molecule has 1 aromatic heterocycles. The molecule has 1 aliphatic rings. The largest absolute Gasteiger partial charge is 0.336 e. The van der Waals surface area contributed by atoms with Crippen molar-refractivity contribution >= 4 is 27.6 Å². The SMILES string of the molecule is O=C(c1ccc(NS(=O)(=O)c2ccccc2)cc1)N1CCN(c2nnnn2-c2ccccc2)CC1. The average Bonchev–Trinajstić information content (AvgIpc) is 3.40. The Morgan fingerprint density at radius 3 is 2.09 bits per heavy atom. The summed E-state index contributed by atoms with van der Waals surface area (Å²) in [6.45, 7) is 2.22. The maximum Gasteiger partial charge on any atom is 0.261 e. The van der Waals surface area contributed by atoms with Crippen LogP contribution in [0.25, 0.3) is 5.69 Å². The molecule has 0 unspecified atom stereocenters. The van der Waals surface area contributed by atoms with Crippen molar-refractivity contribution in [3.8, 4) is 5.69 Å². The number of rotatable bonds is 6. The molecule has 2 heterocycles. The first-order chi connectivity index (χ1) is 17.0. The van der Waals surface area contributed by atoms with Gasteiger partial charge in [0.1, 0.15) is 0 Å². The fraction of sp³-hybridized carbons (Fsp3) is 0.167. The third kappa shape index (κ3) is 4.85. The van der Waals surface area contributed by atoms with E-state index in [4.69, 9.17) is 0 Å². The predicted molar refractivity (Wildman–Crippen MR) is 131 cm³/mol. The maximum absolute atomic E-state index is 13.0. The second-order valence-corrected chi connectivity index (χ2v) is 9.68. The van der Waals surface area contributed by atoms with E-state index in [9.17, 15) is 13.2 Å². The zero-order valence-corrected chi connectivity index (χ0v) is 19.5. The molecule has 11 heteroatoms. The molecule has 1 saturated heterocycles. The highest BCUT2D eigenvalue weighted by Crippen LogP contribution is 2.20. The molecule has 178 valence electrons. The van der Waals surface area contributed by atoms with Crippen molar-refractivity contribution in [2.45, 2.75) is 4.90 Å². The number of nitrogens with one attached hydrogen (secondary N) is 1. The molecule has 35 heavy (non-hydrogen) atoms. The third-order valence-corrected chi connectivity index (χ3v) is 7.14. The number of carbonyl (C=O) groups excluding carboxylic acids is 1. The number of sulfonamides is 1. The van der Waals surface area contributed by atoms with Gasteiger partial charge in [-0.3, -0.25) is 9.52 Å². The van der Waals surface area contributed by atoms with Gasteiger partial charge in [-0.25, -0.2) is 8.42 Å². The second kappa shape index (κ2) is 9.55. The Hall–Kier alpha value is -4.25. The number of aromatic nitrogens is 4. The Morgan fingerprint density at radius 1 is 0.800 bits per heavy atom. The number of para-hydroxylation sites is 1. The summed E-state index contributed by atoms with van der Waals surface area (Å²) in [5, 5.41) is 12.1. The first kappa shape index (κ1) is 22.5. The Kier molecular flexibility index (Phi) is 6.15. The predicted octanol–water partition coefficient (Wildman–Crippen LogP) is 2.43. The zero-order valence-electron chi connectivity index (χ0n) is 18.7. The molecule has 1 fully saturated rings. The van der Waals surface area contributed by atoms with Gasteiger partial charge in [0.25, 0.3) is 15.9 Å². The summed E-state index contributed by atoms with van der Waals surface area (Å²) in [6.07, 6.45) is 0. The number of carbonyl (C=O) groups is 1. The highest BCUT2D eigenvalue weighted by Gasteiger charge is 2.25. The smallest absolute Gasteiger partial charge is 0.261 e. The van der Waals surface area contributed by atoms with Crippen LogP contribution in [-0.2, 0) is 10.0 Å². The van der Waals surface area contributed by atoms with Gasteiger partial charge in [-0.2, -0.15) is 4.68 Å². The number of amides is 1. The third-order valence-electron chi connectivity index (χ3n) is 5.74. The van der Waals surface area contributed by atoms with Gasteiger partial charge >= 0.3 is 0 Å². The lowest BCUT2D eigenvalue weighted by molar-refractivity contribution is 0.0746. The Morgan fingerprint density at radius 2 is 1.43 bits per heavy atom. The highest BCUT2D eigenvalue weighted by molar-refractivity contribution is 7.92. The first-order valence-electron chi connectivity index (χ1n) is 11.1. The molecular formula is C24H23N7O3S. The topological polar surface area (TPSA) is 113 Å². The summed E-state index contributed by atoms with van der Waals surface area (Å²) in [5.74, 6) is 0.531. The fourth-order valence-corrected chi connectivity index (χ4v) is 4.98. The van der Waals surface area contributed by atoms with Crippen molar-refractivity contribution in [3.05, 3.63) is 90.5 Å². The van der Waals surface area contributed by atoms with Gasteiger partial charge < -0.3 is 9.80 Å². The summed E-state index contributed by atoms with van der Waals surface area (Å²) < 4.78 is 29.2. The van der Waals surface area contributed by atoms with Crippen LogP contribution in [0.1, 0.15) is 10.4 Å². The second-order valence-electron chi connectivity index (χ2n) is 8.00. The molecule has 0 aliphatic carbocycles. The number of benzene rings is 3. The van der Waals surface area contributed by atoms with E-state index in [2.05, 4.69) is 25.1 Å². The molecule has 1 amide bonds. The van der Waals surface area contributed by atoms with Gasteiger partial charge in [0.15, 0.2) is 0 Å². The minimum absolute atomic E-state index is 0.107. The molecular weight excluding hydrogens is 466 g/mol. The van der Waals surface area contributed by atoms with E-state index in [1.54, 1.807) is 52.0 Å². The Labute approximate surface area is 202 Å². The molecule has 0 atom stereocenters. The van der Waals surface area contributed by atoms with Crippen LogP contribution in [0.4, 0.5) is 11.6 Å². The lowest BCUT2D eigenvalue weighted by Crippen LogP contribution is -2.49. The molecule has 0 saturated carbocycles. The Balaban J connectivity index is 1.22. The van der Waals surface area contributed by atoms with Crippen LogP contribution in [0.5, 0.6) is 0 Å². The van der Waals surface area contributed by atoms with Gasteiger partial charge in [0, 0.05) is 37.4 Å². The van der Waals surface area contributed by atoms with E-state index in [1.165, 1.54) is 12.1 Å². The summed E-state index contributed by atoms with van der Waals surface area (Å²) in [6, 6.07) is 24.2. The van der Waals surface area contributed by atoms with Crippen molar-refractivity contribution in [1.82, 2.24) is 25.1 Å². The summed E-state index contributed by atoms with van der Waals surface area (Å²) >= 11 is 0. The van der Waals surface area contributed by atoms with Crippen molar-refractivity contribution in [2.75, 3.05) is 35.8 Å². The lowest BCUT2D eigenvalue weighted by Gasteiger charge is -2.34. The molecule has 0 spiro atoms. The van der Waals surface area contributed by atoms with Gasteiger partial charge in [-0.15, -0.1) is 0 Å². The summed E-state index contributed by atoms with van der Waals surface area (Å²) in [7, 11) is -3.69. The van der Waals surface area contributed by atoms with Crippen LogP contribution in [0.15, 0.2) is 89.8 Å². The minimum atomic E-state index is -3.69. The van der Waals surface area contributed by atoms with Crippen LogP contribution in [0.3, 0.4) is 0 Å². The van der Waals surface area contributed by atoms with Gasteiger partial charge in [-0.05, 0) is 59.0 Å². The summed E-state index contributed by atoms with van der Waals surface area (Å²) in [4.78, 5) is 17.0. The number of hydrogen-bond donors (Lipinski definition) is 1. The molecule has 1 N–H and O–H groups in total. The average molecular weight is 490 g/mol. The van der Waals surface area contributed by atoms with E-state index < -0.39 is 10.0 Å². The number of hydrogen-bond acceptors (Lipinski definition) is 7. The standard InChI is InChI=1S/C24H23N7O3S/c32-23(19-11-13-20(14-12-19)26-35(33,34)22-9-5-2-6-10-22)29-15-17-30(18-16-29)24-25-27-28-31(24)21-7-3-1-4-8-21/h1-14,26H,15-18H2. The summed E-state index contributed by atoms with van der Waals surface area (Å²) in [5.41, 5.74) is 1.76. The van der Waals surface area contributed by atoms with E-state index in [0.717, 1.165) is 5.69 Å². The minimum Gasteiger partial charge on any atom is -0.336 e. The van der Waals surface area contributed by atoms with E-state index in [0.29, 0.717) is 43.4 Å². The van der Waals surface area contributed by atoms with Crippen LogP contribution in [0, 0.1) is 0 Å². The molecule has 1 aliphatic heterocycles. The van der Waals surface area contributed by atoms with Gasteiger partial charge in [0.05, 0.1) is 10.6 Å². The molecule has 0 bridgehead atoms. The fourth-order valence-electron chi connectivity index (χ4n) is 3.90. The van der Waals surface area contributed by atoms with Crippen molar-refractivity contribution in [3.63, 3.8) is 0 Å². The highest BCUT2D eigenvalue weighted by atomic mass is 32.2. The monoisotopic (exact) mass is 489 g/mol. The normalized spacial score (nSPS) is 14.1. The number of nitrogens with zero attached hydrogens (tertiary/aromatic N) is 6. The van der Waals surface area contributed by atoms with Crippen molar-refractivity contribution < 1.29 is 13.2 Å². The molecule has 4 aromatic rings. The van der Waals surface area contributed by atoms with E-state index in [1.807, 2.05) is 30.3 Å². The Bertz CT molecular complexity index is 1400. The molecule has 3 aromatic carbocycles. The van der Waals surface area contributed by atoms with Crippen LogP contribution in [-0.4, -0.2) is 65.6 Å². The number of piperazine rings is 1. The van der Waals surface area contributed by atoms with E-state index >= 15 is 0 Å². The van der Waals surface area contributed by atoms with Crippen molar-refractivity contribution in [1.29, 1.82) is 0 Å².